The molecule has 0 saturated heterocycles. The Morgan fingerprint density at radius 2 is 1.21 bits per heavy atom. The third-order valence-electron chi connectivity index (χ3n) is 2.46. The summed E-state index contributed by atoms with van der Waals surface area (Å²) in [6, 6.07) is 6.56. The summed E-state index contributed by atoms with van der Waals surface area (Å²) in [7, 11) is 7.36. The van der Waals surface area contributed by atoms with Crippen LogP contribution < -0.4 is 0 Å². The predicted molar refractivity (Wildman–Crippen MR) is 96.5 cm³/mol. The van der Waals surface area contributed by atoms with Crippen molar-refractivity contribution in [3.63, 3.8) is 0 Å². The van der Waals surface area contributed by atoms with Gasteiger partial charge in [-0.05, 0) is 24.0 Å². The van der Waals surface area contributed by atoms with Gasteiger partial charge in [0.25, 0.3) is 0 Å². The van der Waals surface area contributed by atoms with Gasteiger partial charge in [0.1, 0.15) is 0 Å². The lowest BCUT2D eigenvalue weighted by atomic mass is 10.1. The molecule has 136 valence electrons. The maximum atomic E-state index is 12.0. The highest BCUT2D eigenvalue weighted by atomic mass is 36.0. The number of esters is 2. The molecule has 0 bridgehead atoms. The minimum atomic E-state index is -1.67. The molecule has 0 spiro atoms. The third kappa shape index (κ3) is 10.6. The molecule has 0 amide bonds. The molecule has 0 radical (unpaired) electrons. The molecule has 5 nitrogen and oxygen atoms in total. The minimum Gasteiger partial charge on any atom is -0.462 e. The first kappa shape index (κ1) is 22.9. The van der Waals surface area contributed by atoms with Gasteiger partial charge in [0.05, 0.1) is 24.3 Å². The van der Waals surface area contributed by atoms with Crippen LogP contribution in [0.2, 0.25) is 0 Å². The van der Waals surface area contributed by atoms with E-state index in [9.17, 15) is 9.59 Å². The largest absolute Gasteiger partial charge is 0.462 e. The van der Waals surface area contributed by atoms with Crippen molar-refractivity contribution in [1.82, 2.24) is 0 Å². The molecule has 0 aliphatic heterocycles. The van der Waals surface area contributed by atoms with Gasteiger partial charge in [-0.25, -0.2) is 13.8 Å². The Labute approximate surface area is 154 Å². The fraction of sp³-hybridized carbons (Fsp3) is 0.500. The molecule has 1 rings (SSSR count). The van der Waals surface area contributed by atoms with Crippen molar-refractivity contribution < 1.29 is 23.3 Å². The molecule has 0 aromatic heterocycles. The number of hydrogen-bond acceptors (Lipinski definition) is 5. The van der Waals surface area contributed by atoms with E-state index in [1.54, 1.807) is 24.3 Å². The first-order valence-electron chi connectivity index (χ1n) is 7.32. The third-order valence-corrected chi connectivity index (χ3v) is 2.46. The van der Waals surface area contributed by atoms with Crippen molar-refractivity contribution in [3.05, 3.63) is 35.4 Å². The van der Waals surface area contributed by atoms with Crippen molar-refractivity contribution in [1.29, 1.82) is 0 Å². The number of carbonyl (C=O) groups is 2. The number of ether oxygens (including phenoxy) is 2. The Bertz CT molecular complexity index is 514. The predicted octanol–water partition coefficient (Wildman–Crippen LogP) is 4.35. The quantitative estimate of drug-likeness (QED) is 0.527. The average molecular weight is 397 g/mol. The zero-order valence-corrected chi connectivity index (χ0v) is 16.4. The van der Waals surface area contributed by atoms with E-state index in [1.165, 1.54) is 0 Å². The van der Waals surface area contributed by atoms with Crippen LogP contribution >= 0.6 is 21.4 Å². The van der Waals surface area contributed by atoms with Gasteiger partial charge >= 0.3 is 11.9 Å². The van der Waals surface area contributed by atoms with Crippen molar-refractivity contribution >= 4 is 42.5 Å². The number of halogens is 2. The molecule has 1 aromatic carbocycles. The van der Waals surface area contributed by atoms with E-state index in [4.69, 9.17) is 13.7 Å². The molecule has 0 heterocycles. The van der Waals surface area contributed by atoms with Crippen LogP contribution in [-0.2, 0) is 18.7 Å². The zero-order chi connectivity index (χ0) is 18.7. The van der Waals surface area contributed by atoms with E-state index >= 15 is 0 Å². The van der Waals surface area contributed by atoms with Gasteiger partial charge in [-0.15, -0.1) is 0 Å². The van der Waals surface area contributed by atoms with E-state index in [2.05, 4.69) is 21.4 Å². The van der Waals surface area contributed by atoms with Crippen LogP contribution in [0.25, 0.3) is 0 Å². The molecular weight excluding hydrogens is 375 g/mol. The SMILES string of the molecule is CC(C)COC(=O)c1ccccc1C(=O)OCC(C)C.O=S(Cl)Cl. The molecule has 0 saturated carbocycles. The Balaban J connectivity index is 0.00000118. The first-order valence-corrected chi connectivity index (χ1v) is 10.1. The number of benzene rings is 1. The summed E-state index contributed by atoms with van der Waals surface area (Å²) in [6.45, 7) is 8.47. The second-order valence-corrected chi connectivity index (χ2v) is 8.24. The maximum absolute atomic E-state index is 12.0. The monoisotopic (exact) mass is 396 g/mol. The Morgan fingerprint density at radius 1 is 0.917 bits per heavy atom. The van der Waals surface area contributed by atoms with Crippen LogP contribution in [0.1, 0.15) is 48.4 Å². The molecule has 24 heavy (non-hydrogen) atoms. The summed E-state index contributed by atoms with van der Waals surface area (Å²) in [6.07, 6.45) is 0. The summed E-state index contributed by atoms with van der Waals surface area (Å²) < 4.78 is 19.4. The highest BCUT2D eigenvalue weighted by Crippen LogP contribution is 2.13. The van der Waals surface area contributed by atoms with Gasteiger partial charge in [0, 0.05) is 21.4 Å². The fourth-order valence-electron chi connectivity index (χ4n) is 1.48. The number of carbonyl (C=O) groups excluding carboxylic acids is 2. The van der Waals surface area contributed by atoms with Gasteiger partial charge < -0.3 is 9.47 Å². The van der Waals surface area contributed by atoms with E-state index in [1.807, 2.05) is 27.7 Å². The van der Waals surface area contributed by atoms with Crippen LogP contribution in [0.5, 0.6) is 0 Å². The Hall–Kier alpha value is -1.11. The van der Waals surface area contributed by atoms with Crippen LogP contribution in [0.3, 0.4) is 0 Å². The van der Waals surface area contributed by atoms with E-state index in [0.717, 1.165) is 0 Å². The van der Waals surface area contributed by atoms with Gasteiger partial charge in [-0.2, -0.15) is 0 Å². The van der Waals surface area contributed by atoms with Gasteiger partial charge in [-0.1, -0.05) is 39.8 Å². The fourth-order valence-corrected chi connectivity index (χ4v) is 1.48. The second kappa shape index (κ2) is 12.3. The van der Waals surface area contributed by atoms with Crippen LogP contribution in [0.4, 0.5) is 0 Å². The molecule has 8 heteroatoms. The Kier molecular flexibility index (Phi) is 11.7. The summed E-state index contributed by atoms with van der Waals surface area (Å²) in [5, 5.41) is 0. The summed E-state index contributed by atoms with van der Waals surface area (Å²) in [5.74, 6) is -0.482. The molecule has 0 aliphatic carbocycles. The van der Waals surface area contributed by atoms with E-state index < -0.39 is 21.2 Å². The van der Waals surface area contributed by atoms with Crippen molar-refractivity contribution in [2.75, 3.05) is 13.2 Å². The van der Waals surface area contributed by atoms with Crippen LogP contribution in [-0.4, -0.2) is 29.4 Å². The highest BCUT2D eigenvalue weighted by molar-refractivity contribution is 8.26. The number of hydrogen-bond donors (Lipinski definition) is 0. The minimum absolute atomic E-state index is 0.249. The standard InChI is InChI=1S/C16H22O4.Cl2OS/c1-11(2)9-19-15(17)13-7-5-6-8-14(13)16(18)20-10-12(3)4;1-4(2)3/h5-8,11-12H,9-10H2,1-4H3;. The van der Waals surface area contributed by atoms with Gasteiger partial charge in [0.2, 0.25) is 9.23 Å². The molecule has 0 aliphatic rings. The first-order chi connectivity index (χ1) is 11.1. The molecular formula is C16H22Cl2O5S. The summed E-state index contributed by atoms with van der Waals surface area (Å²) in [5.41, 5.74) is 0.504. The van der Waals surface area contributed by atoms with E-state index in [-0.39, 0.29) is 23.0 Å². The highest BCUT2D eigenvalue weighted by Gasteiger charge is 2.19. The van der Waals surface area contributed by atoms with Crippen molar-refractivity contribution in [2.45, 2.75) is 27.7 Å². The smallest absolute Gasteiger partial charge is 0.339 e. The maximum Gasteiger partial charge on any atom is 0.339 e. The normalized spacial score (nSPS) is 10.4. The molecule has 1 aromatic rings. The second-order valence-electron chi connectivity index (χ2n) is 5.71. The summed E-state index contributed by atoms with van der Waals surface area (Å²) in [4.78, 5) is 24.0. The lowest BCUT2D eigenvalue weighted by Crippen LogP contribution is -2.17. The van der Waals surface area contributed by atoms with Gasteiger partial charge in [0.15, 0.2) is 0 Å². The Morgan fingerprint density at radius 3 is 1.46 bits per heavy atom. The van der Waals surface area contributed by atoms with Crippen LogP contribution in [0, 0.1) is 11.8 Å². The van der Waals surface area contributed by atoms with Crippen molar-refractivity contribution in [3.8, 4) is 0 Å². The molecule has 0 unspecified atom stereocenters. The average Bonchev–Trinajstić information content (AvgIpc) is 2.49. The molecule has 0 N–H and O–H groups in total. The molecule has 0 fully saturated rings. The number of rotatable bonds is 6. The lowest BCUT2D eigenvalue weighted by molar-refractivity contribution is 0.0412. The topological polar surface area (TPSA) is 69.7 Å². The zero-order valence-electron chi connectivity index (χ0n) is 14.1. The van der Waals surface area contributed by atoms with E-state index in [0.29, 0.717) is 13.2 Å². The van der Waals surface area contributed by atoms with Gasteiger partial charge in [-0.3, -0.25) is 0 Å². The summed E-state index contributed by atoms with van der Waals surface area (Å²) >= 11 is 0. The molecule has 0 atom stereocenters. The van der Waals surface area contributed by atoms with Crippen molar-refractivity contribution in [2.24, 2.45) is 11.8 Å². The van der Waals surface area contributed by atoms with Crippen LogP contribution in [0.15, 0.2) is 24.3 Å². The lowest BCUT2D eigenvalue weighted by Gasteiger charge is -2.11.